The highest BCUT2D eigenvalue weighted by Crippen LogP contribution is 2.32. The van der Waals surface area contributed by atoms with E-state index < -0.39 is 0 Å². The molecule has 0 saturated carbocycles. The zero-order chi connectivity index (χ0) is 16.7. The highest BCUT2D eigenvalue weighted by molar-refractivity contribution is 5.96. The first-order chi connectivity index (χ1) is 11.6. The lowest BCUT2D eigenvalue weighted by molar-refractivity contribution is -0.146. The number of piperidine rings is 1. The summed E-state index contributed by atoms with van der Waals surface area (Å²) in [6.45, 7) is 4.74. The minimum Gasteiger partial charge on any atom is -0.363 e. The lowest BCUT2D eigenvalue weighted by Crippen LogP contribution is -2.57. The first-order valence-corrected chi connectivity index (χ1v) is 8.38. The van der Waals surface area contributed by atoms with Gasteiger partial charge in [-0.1, -0.05) is 0 Å². The number of ether oxygens (including phenoxy) is 1. The summed E-state index contributed by atoms with van der Waals surface area (Å²) in [7, 11) is 0. The number of anilines is 1. The number of aromatic nitrogens is 2. The quantitative estimate of drug-likeness (QED) is 0.724. The zero-order valence-electron chi connectivity index (χ0n) is 13.7. The van der Waals surface area contributed by atoms with Crippen LogP contribution in [-0.2, 0) is 16.0 Å². The monoisotopic (exact) mass is 331 g/mol. The van der Waals surface area contributed by atoms with Gasteiger partial charge in [-0.15, -0.1) is 0 Å². The molecule has 2 fully saturated rings. The van der Waals surface area contributed by atoms with Gasteiger partial charge in [0.05, 0.1) is 5.60 Å². The lowest BCUT2D eigenvalue weighted by Gasteiger charge is -2.44. The Morgan fingerprint density at radius 1 is 1.17 bits per heavy atom. The van der Waals surface area contributed by atoms with Gasteiger partial charge in [0.1, 0.15) is 23.9 Å². The molecule has 1 aromatic heterocycles. The Hall–Kier alpha value is -2.22. The molecule has 0 radical (unpaired) electrons. The standard InChI is InChI=1S/C16H21N5O3/c1-10-19-13-11(2-5-17-15(13)23)14(20-10)21-6-3-16(4-7-21)9-18-12(22)8-24-16/h2-9H2,1H3,(H,17,23)(H,18,22). The van der Waals surface area contributed by atoms with Gasteiger partial charge in [-0.3, -0.25) is 9.59 Å². The summed E-state index contributed by atoms with van der Waals surface area (Å²) in [6, 6.07) is 0. The topological polar surface area (TPSA) is 96.5 Å². The number of morpholine rings is 1. The third kappa shape index (κ3) is 2.60. The van der Waals surface area contributed by atoms with Crippen LogP contribution < -0.4 is 15.5 Å². The molecule has 0 unspecified atom stereocenters. The fourth-order valence-corrected chi connectivity index (χ4v) is 3.67. The molecule has 2 N–H and O–H groups in total. The molecule has 4 heterocycles. The van der Waals surface area contributed by atoms with Crippen LogP contribution in [0.25, 0.3) is 0 Å². The van der Waals surface area contributed by atoms with Crippen LogP contribution in [0.4, 0.5) is 5.82 Å². The highest BCUT2D eigenvalue weighted by Gasteiger charge is 2.40. The summed E-state index contributed by atoms with van der Waals surface area (Å²) in [5.74, 6) is 1.33. The van der Waals surface area contributed by atoms with E-state index in [-0.39, 0.29) is 24.0 Å². The van der Waals surface area contributed by atoms with E-state index in [1.165, 1.54) is 0 Å². The molecule has 4 rings (SSSR count). The van der Waals surface area contributed by atoms with E-state index in [4.69, 9.17) is 4.74 Å². The van der Waals surface area contributed by atoms with Crippen molar-refractivity contribution in [3.63, 3.8) is 0 Å². The Kier molecular flexibility index (Phi) is 3.64. The number of carbonyl (C=O) groups excluding carboxylic acids is 2. The maximum atomic E-state index is 12.1. The average molecular weight is 331 g/mol. The average Bonchev–Trinajstić information content (AvgIpc) is 2.59. The predicted molar refractivity (Wildman–Crippen MR) is 85.9 cm³/mol. The number of fused-ring (bicyclic) bond motifs is 1. The fraction of sp³-hybridized carbons (Fsp3) is 0.625. The molecule has 0 aliphatic carbocycles. The number of carbonyl (C=O) groups is 2. The Labute approximate surface area is 140 Å². The predicted octanol–water partition coefficient (Wildman–Crippen LogP) is -0.444. The molecule has 0 bridgehead atoms. The van der Waals surface area contributed by atoms with Crippen molar-refractivity contribution in [2.45, 2.75) is 31.8 Å². The minimum atomic E-state index is -0.260. The van der Waals surface area contributed by atoms with Gasteiger partial charge in [0.2, 0.25) is 5.91 Å². The number of aryl methyl sites for hydroxylation is 1. The van der Waals surface area contributed by atoms with Crippen molar-refractivity contribution < 1.29 is 14.3 Å². The van der Waals surface area contributed by atoms with Gasteiger partial charge in [-0.05, 0) is 26.2 Å². The van der Waals surface area contributed by atoms with Gasteiger partial charge in [-0.2, -0.15) is 0 Å². The SMILES string of the molecule is Cc1nc2c(c(N3CCC4(CC3)CNC(=O)CO4)n1)CCNC2=O. The van der Waals surface area contributed by atoms with Crippen molar-refractivity contribution >= 4 is 17.6 Å². The third-order valence-electron chi connectivity index (χ3n) is 5.06. The van der Waals surface area contributed by atoms with E-state index in [9.17, 15) is 9.59 Å². The minimum absolute atomic E-state index is 0.0467. The second-order valence-electron chi connectivity index (χ2n) is 6.66. The fourth-order valence-electron chi connectivity index (χ4n) is 3.67. The largest absolute Gasteiger partial charge is 0.363 e. The number of hydrogen-bond donors (Lipinski definition) is 2. The number of nitrogens with zero attached hydrogens (tertiary/aromatic N) is 3. The second-order valence-corrected chi connectivity index (χ2v) is 6.66. The van der Waals surface area contributed by atoms with Crippen LogP contribution in [0.2, 0.25) is 0 Å². The van der Waals surface area contributed by atoms with Crippen LogP contribution in [0.5, 0.6) is 0 Å². The Balaban J connectivity index is 1.56. The molecule has 2 saturated heterocycles. The van der Waals surface area contributed by atoms with E-state index >= 15 is 0 Å². The molecule has 1 spiro atoms. The molecule has 3 aliphatic heterocycles. The molecule has 8 heteroatoms. The van der Waals surface area contributed by atoms with Gasteiger partial charge in [0, 0.05) is 31.7 Å². The summed E-state index contributed by atoms with van der Waals surface area (Å²) in [5, 5.41) is 5.74. The number of hydrogen-bond acceptors (Lipinski definition) is 6. The third-order valence-corrected chi connectivity index (χ3v) is 5.06. The van der Waals surface area contributed by atoms with Gasteiger partial charge < -0.3 is 20.3 Å². The second kappa shape index (κ2) is 5.70. The van der Waals surface area contributed by atoms with E-state index in [1.54, 1.807) is 0 Å². The van der Waals surface area contributed by atoms with Crippen LogP contribution in [0.15, 0.2) is 0 Å². The number of amides is 2. The first kappa shape index (κ1) is 15.3. The first-order valence-electron chi connectivity index (χ1n) is 8.38. The summed E-state index contributed by atoms with van der Waals surface area (Å²) in [6.07, 6.45) is 2.42. The number of rotatable bonds is 1. The molecular weight excluding hydrogens is 310 g/mol. The normalized spacial score (nSPS) is 22.8. The molecule has 128 valence electrons. The van der Waals surface area contributed by atoms with Crippen molar-refractivity contribution in [1.82, 2.24) is 20.6 Å². The number of nitrogens with one attached hydrogen (secondary N) is 2. The summed E-state index contributed by atoms with van der Waals surface area (Å²) < 4.78 is 5.82. The molecule has 24 heavy (non-hydrogen) atoms. The molecule has 1 aromatic rings. The summed E-state index contributed by atoms with van der Waals surface area (Å²) >= 11 is 0. The van der Waals surface area contributed by atoms with Crippen molar-refractivity contribution in [1.29, 1.82) is 0 Å². The van der Waals surface area contributed by atoms with Crippen molar-refractivity contribution in [2.24, 2.45) is 0 Å². The van der Waals surface area contributed by atoms with Gasteiger partial charge >= 0.3 is 0 Å². The molecular formula is C16H21N5O3. The van der Waals surface area contributed by atoms with Gasteiger partial charge in [0.25, 0.3) is 5.91 Å². The Morgan fingerprint density at radius 3 is 2.67 bits per heavy atom. The molecule has 0 atom stereocenters. The van der Waals surface area contributed by atoms with E-state index in [0.29, 0.717) is 24.6 Å². The van der Waals surface area contributed by atoms with Crippen LogP contribution in [0.1, 0.15) is 34.7 Å². The van der Waals surface area contributed by atoms with Crippen LogP contribution in [0.3, 0.4) is 0 Å². The molecule has 8 nitrogen and oxygen atoms in total. The Morgan fingerprint density at radius 2 is 1.96 bits per heavy atom. The maximum absolute atomic E-state index is 12.1. The van der Waals surface area contributed by atoms with Crippen LogP contribution >= 0.6 is 0 Å². The summed E-state index contributed by atoms with van der Waals surface area (Å²) in [5.41, 5.74) is 1.19. The van der Waals surface area contributed by atoms with Crippen LogP contribution in [-0.4, -0.2) is 60.2 Å². The zero-order valence-corrected chi connectivity index (χ0v) is 13.7. The van der Waals surface area contributed by atoms with Crippen molar-refractivity contribution in [3.8, 4) is 0 Å². The van der Waals surface area contributed by atoms with E-state index in [2.05, 4.69) is 25.5 Å². The summed E-state index contributed by atoms with van der Waals surface area (Å²) in [4.78, 5) is 34.5. The molecule has 3 aliphatic rings. The molecule has 0 aromatic carbocycles. The lowest BCUT2D eigenvalue weighted by atomic mass is 9.89. The Bertz CT molecular complexity index is 685. The van der Waals surface area contributed by atoms with Crippen molar-refractivity contribution in [2.75, 3.05) is 37.7 Å². The van der Waals surface area contributed by atoms with Gasteiger partial charge in [-0.25, -0.2) is 9.97 Å². The van der Waals surface area contributed by atoms with Crippen molar-refractivity contribution in [3.05, 3.63) is 17.1 Å². The molecule has 2 amide bonds. The van der Waals surface area contributed by atoms with Crippen LogP contribution in [0, 0.1) is 6.92 Å². The maximum Gasteiger partial charge on any atom is 0.270 e. The van der Waals surface area contributed by atoms with Gasteiger partial charge in [0.15, 0.2) is 0 Å². The van der Waals surface area contributed by atoms with E-state index in [1.807, 2.05) is 6.92 Å². The van der Waals surface area contributed by atoms with E-state index in [0.717, 1.165) is 43.7 Å². The smallest absolute Gasteiger partial charge is 0.270 e. The highest BCUT2D eigenvalue weighted by atomic mass is 16.5.